The summed E-state index contributed by atoms with van der Waals surface area (Å²) in [6, 6.07) is 2.49. The monoisotopic (exact) mass is 276 g/mol. The number of carboxylic acid groups (broad SMARTS) is 1. The van der Waals surface area contributed by atoms with E-state index in [0.717, 1.165) is 0 Å². The topological polar surface area (TPSA) is 122 Å². The van der Waals surface area contributed by atoms with E-state index < -0.39 is 12.0 Å². The first-order valence-electron chi connectivity index (χ1n) is 5.74. The lowest BCUT2D eigenvalue weighted by molar-refractivity contribution is 0.0692. The van der Waals surface area contributed by atoms with Crippen LogP contribution < -0.4 is 10.6 Å². The van der Waals surface area contributed by atoms with E-state index in [1.54, 1.807) is 10.9 Å². The van der Waals surface area contributed by atoms with Crippen LogP contribution in [0.4, 0.5) is 10.5 Å². The summed E-state index contributed by atoms with van der Waals surface area (Å²) in [5.74, 6) is -1.21. The van der Waals surface area contributed by atoms with Gasteiger partial charge in [-0.2, -0.15) is 0 Å². The first kappa shape index (κ1) is 13.5. The van der Waals surface area contributed by atoms with Crippen LogP contribution in [0.5, 0.6) is 0 Å². The molecule has 2 aromatic heterocycles. The number of urea groups is 1. The zero-order valence-corrected chi connectivity index (χ0v) is 10.4. The summed E-state index contributed by atoms with van der Waals surface area (Å²) in [7, 11) is 0. The summed E-state index contributed by atoms with van der Waals surface area (Å²) >= 11 is 0. The van der Waals surface area contributed by atoms with Gasteiger partial charge in [-0.25, -0.2) is 14.6 Å². The standard InChI is InChI=1S/C11H12N6O3/c18-10(19)9-8(2-1-3-12-9)15-11(20)13-4-6-17-7-5-14-16-17/h1-3,5,7H,4,6H2,(H,18,19)(H2,13,15,20). The van der Waals surface area contributed by atoms with Crippen molar-refractivity contribution in [1.29, 1.82) is 0 Å². The van der Waals surface area contributed by atoms with Crippen LogP contribution in [0.2, 0.25) is 0 Å². The fraction of sp³-hybridized carbons (Fsp3) is 0.182. The third-order valence-corrected chi connectivity index (χ3v) is 2.36. The minimum absolute atomic E-state index is 0.137. The number of rotatable bonds is 5. The van der Waals surface area contributed by atoms with Crippen LogP contribution in [0.25, 0.3) is 0 Å². The lowest BCUT2D eigenvalue weighted by Crippen LogP contribution is -2.32. The highest BCUT2D eigenvalue weighted by Crippen LogP contribution is 2.11. The summed E-state index contributed by atoms with van der Waals surface area (Å²) in [6.07, 6.45) is 4.55. The predicted molar refractivity (Wildman–Crippen MR) is 68.2 cm³/mol. The fourth-order valence-electron chi connectivity index (χ4n) is 1.48. The van der Waals surface area contributed by atoms with Crippen molar-refractivity contribution in [1.82, 2.24) is 25.3 Å². The van der Waals surface area contributed by atoms with E-state index in [1.807, 2.05) is 0 Å². The molecule has 3 N–H and O–H groups in total. The highest BCUT2D eigenvalue weighted by atomic mass is 16.4. The first-order chi connectivity index (χ1) is 9.66. The van der Waals surface area contributed by atoms with Crippen LogP contribution in [0.15, 0.2) is 30.7 Å². The quantitative estimate of drug-likeness (QED) is 0.716. The molecule has 2 rings (SSSR count). The number of amides is 2. The lowest BCUT2D eigenvalue weighted by atomic mass is 10.3. The molecular weight excluding hydrogens is 264 g/mol. The normalized spacial score (nSPS) is 10.0. The number of hydrogen-bond acceptors (Lipinski definition) is 5. The molecular formula is C11H12N6O3. The highest BCUT2D eigenvalue weighted by molar-refractivity contribution is 5.98. The molecule has 2 aromatic rings. The average molecular weight is 276 g/mol. The van der Waals surface area contributed by atoms with Gasteiger partial charge >= 0.3 is 12.0 Å². The molecule has 0 aliphatic heterocycles. The third kappa shape index (κ3) is 3.51. The number of carboxylic acids is 1. The van der Waals surface area contributed by atoms with Crippen molar-refractivity contribution in [2.45, 2.75) is 6.54 Å². The molecule has 0 fully saturated rings. The van der Waals surface area contributed by atoms with Gasteiger partial charge in [0.2, 0.25) is 0 Å². The van der Waals surface area contributed by atoms with E-state index >= 15 is 0 Å². The Hall–Kier alpha value is -2.97. The number of hydrogen-bond donors (Lipinski definition) is 3. The molecule has 20 heavy (non-hydrogen) atoms. The molecule has 0 saturated heterocycles. The molecule has 104 valence electrons. The molecule has 2 heterocycles. The number of anilines is 1. The van der Waals surface area contributed by atoms with Crippen LogP contribution in [-0.4, -0.2) is 43.6 Å². The molecule has 0 aliphatic rings. The maximum Gasteiger partial charge on any atom is 0.356 e. The number of nitrogens with one attached hydrogen (secondary N) is 2. The summed E-state index contributed by atoms with van der Waals surface area (Å²) < 4.78 is 1.56. The largest absolute Gasteiger partial charge is 0.476 e. The van der Waals surface area contributed by atoms with Crippen LogP contribution in [0.3, 0.4) is 0 Å². The minimum Gasteiger partial charge on any atom is -0.476 e. The maximum atomic E-state index is 11.6. The summed E-state index contributed by atoms with van der Waals surface area (Å²) in [6.45, 7) is 0.796. The molecule has 9 nitrogen and oxygen atoms in total. The van der Waals surface area contributed by atoms with E-state index in [9.17, 15) is 9.59 Å². The lowest BCUT2D eigenvalue weighted by Gasteiger charge is -2.08. The predicted octanol–water partition coefficient (Wildman–Crippen LogP) is 0.193. The molecule has 9 heteroatoms. The van der Waals surface area contributed by atoms with Gasteiger partial charge in [0.15, 0.2) is 5.69 Å². The molecule has 0 unspecified atom stereocenters. The Bertz CT molecular complexity index is 598. The van der Waals surface area contributed by atoms with E-state index in [1.165, 1.54) is 24.5 Å². The van der Waals surface area contributed by atoms with Crippen LogP contribution in [0.1, 0.15) is 10.5 Å². The minimum atomic E-state index is -1.21. The van der Waals surface area contributed by atoms with Gasteiger partial charge in [-0.05, 0) is 12.1 Å². The zero-order valence-electron chi connectivity index (χ0n) is 10.4. The smallest absolute Gasteiger partial charge is 0.356 e. The Morgan fingerprint density at radius 3 is 2.90 bits per heavy atom. The van der Waals surface area contributed by atoms with Crippen LogP contribution in [-0.2, 0) is 6.54 Å². The van der Waals surface area contributed by atoms with Gasteiger partial charge in [0.1, 0.15) is 0 Å². The van der Waals surface area contributed by atoms with E-state index in [0.29, 0.717) is 13.1 Å². The van der Waals surface area contributed by atoms with E-state index in [4.69, 9.17) is 5.11 Å². The number of nitrogens with zero attached hydrogens (tertiary/aromatic N) is 4. The molecule has 0 radical (unpaired) electrons. The van der Waals surface area contributed by atoms with E-state index in [2.05, 4.69) is 25.9 Å². The SMILES string of the molecule is O=C(NCCn1ccnn1)Nc1cccnc1C(=O)O. The fourth-order valence-corrected chi connectivity index (χ4v) is 1.48. The van der Waals surface area contributed by atoms with Gasteiger partial charge in [-0.3, -0.25) is 4.68 Å². The third-order valence-electron chi connectivity index (χ3n) is 2.36. The number of aromatic carboxylic acids is 1. The number of carbonyl (C=O) groups is 2. The first-order valence-corrected chi connectivity index (χ1v) is 5.74. The number of pyridine rings is 1. The number of aromatic nitrogens is 4. The van der Waals surface area contributed by atoms with Crippen molar-refractivity contribution in [3.8, 4) is 0 Å². The van der Waals surface area contributed by atoms with Gasteiger partial charge in [-0.15, -0.1) is 5.10 Å². The number of carbonyl (C=O) groups excluding carboxylic acids is 1. The van der Waals surface area contributed by atoms with Crippen LogP contribution in [0, 0.1) is 0 Å². The summed E-state index contributed by atoms with van der Waals surface area (Å²) in [5, 5.41) is 21.3. The van der Waals surface area contributed by atoms with E-state index in [-0.39, 0.29) is 11.4 Å². The zero-order chi connectivity index (χ0) is 14.4. The Labute approximate surface area is 113 Å². The Morgan fingerprint density at radius 1 is 1.35 bits per heavy atom. The molecule has 0 aromatic carbocycles. The van der Waals surface area contributed by atoms with Crippen molar-refractivity contribution < 1.29 is 14.7 Å². The van der Waals surface area contributed by atoms with Crippen molar-refractivity contribution in [2.24, 2.45) is 0 Å². The Balaban J connectivity index is 1.87. The average Bonchev–Trinajstić information content (AvgIpc) is 2.92. The second-order valence-corrected chi connectivity index (χ2v) is 3.75. The summed E-state index contributed by atoms with van der Waals surface area (Å²) in [5.41, 5.74) is -0.0721. The van der Waals surface area contributed by atoms with Crippen molar-refractivity contribution in [3.05, 3.63) is 36.4 Å². The van der Waals surface area contributed by atoms with Gasteiger partial charge < -0.3 is 15.7 Å². The molecule has 0 aliphatic carbocycles. The summed E-state index contributed by atoms with van der Waals surface area (Å²) in [4.78, 5) is 26.2. The van der Waals surface area contributed by atoms with Crippen molar-refractivity contribution in [3.63, 3.8) is 0 Å². The van der Waals surface area contributed by atoms with Gasteiger partial charge in [0.25, 0.3) is 0 Å². The molecule has 2 amide bonds. The van der Waals surface area contributed by atoms with Gasteiger partial charge in [-0.1, -0.05) is 5.21 Å². The molecule has 0 spiro atoms. The maximum absolute atomic E-state index is 11.6. The van der Waals surface area contributed by atoms with Crippen LogP contribution >= 0.6 is 0 Å². The highest BCUT2D eigenvalue weighted by Gasteiger charge is 2.12. The molecule has 0 saturated carbocycles. The molecule has 0 atom stereocenters. The van der Waals surface area contributed by atoms with Gasteiger partial charge in [0.05, 0.1) is 18.4 Å². The second kappa shape index (κ2) is 6.27. The second-order valence-electron chi connectivity index (χ2n) is 3.75. The van der Waals surface area contributed by atoms with Gasteiger partial charge in [0, 0.05) is 18.9 Å². The van der Waals surface area contributed by atoms with Crippen molar-refractivity contribution >= 4 is 17.7 Å². The van der Waals surface area contributed by atoms with Crippen molar-refractivity contribution in [2.75, 3.05) is 11.9 Å². The molecule has 0 bridgehead atoms. The Kier molecular flexibility index (Phi) is 4.22. The Morgan fingerprint density at radius 2 is 2.20 bits per heavy atom.